The number of allylic oxidation sites excluding steroid dienone is 1. The summed E-state index contributed by atoms with van der Waals surface area (Å²) in [5.74, 6) is -3.43. The summed E-state index contributed by atoms with van der Waals surface area (Å²) in [5.41, 5.74) is 0.354. The van der Waals surface area contributed by atoms with E-state index in [9.17, 15) is 19.2 Å². The van der Waals surface area contributed by atoms with E-state index in [1.54, 1.807) is 12.1 Å². The van der Waals surface area contributed by atoms with Gasteiger partial charge in [-0.2, -0.15) is 0 Å². The summed E-state index contributed by atoms with van der Waals surface area (Å²) in [6, 6.07) is 5.96. The lowest BCUT2D eigenvalue weighted by Crippen LogP contribution is -2.41. The Kier molecular flexibility index (Phi) is 4.97. The van der Waals surface area contributed by atoms with Crippen LogP contribution in [-0.2, 0) is 14.4 Å². The monoisotopic (exact) mass is 329 g/mol. The van der Waals surface area contributed by atoms with E-state index in [1.165, 1.54) is 24.4 Å². The van der Waals surface area contributed by atoms with Gasteiger partial charge in [-0.1, -0.05) is 13.8 Å². The maximum absolute atomic E-state index is 12.1. The molecule has 1 saturated carbocycles. The lowest BCUT2D eigenvalue weighted by atomic mass is 9.70. The number of rotatable bonds is 5. The highest BCUT2D eigenvalue weighted by Crippen LogP contribution is 2.34. The number of nitrogens with one attached hydrogen (secondary N) is 1. The van der Waals surface area contributed by atoms with Crippen LogP contribution in [0.3, 0.4) is 0 Å². The van der Waals surface area contributed by atoms with E-state index in [1.807, 2.05) is 13.8 Å². The summed E-state index contributed by atoms with van der Waals surface area (Å²) in [5, 5.41) is 11.6. The van der Waals surface area contributed by atoms with Crippen LogP contribution in [0.1, 0.15) is 37.0 Å². The van der Waals surface area contributed by atoms with Crippen molar-refractivity contribution in [2.24, 2.45) is 11.3 Å². The normalized spacial score (nSPS) is 17.9. The van der Waals surface area contributed by atoms with Crippen molar-refractivity contribution in [3.8, 4) is 0 Å². The number of Topliss-reactive ketones (excluding diaryl/α,β-unsaturated/α-hetero) is 2. The standard InChI is InChI=1S/C18H19NO5/c1-18(2)9-14(21)16(15(22)10-18)13(20)7-8-19-12-5-3-11(4-6-12)17(23)24/h3-8,16,19H,9-10H2,1-2H3,(H,23,24)/b8-7-. The van der Waals surface area contributed by atoms with E-state index in [0.717, 1.165) is 0 Å². The third-order valence-electron chi connectivity index (χ3n) is 3.86. The van der Waals surface area contributed by atoms with Crippen LogP contribution in [0.5, 0.6) is 0 Å². The average Bonchev–Trinajstić information content (AvgIpc) is 2.45. The number of carbonyl (C=O) groups excluding carboxylic acids is 3. The molecule has 1 aromatic carbocycles. The molecule has 126 valence electrons. The van der Waals surface area contributed by atoms with Gasteiger partial charge < -0.3 is 10.4 Å². The Morgan fingerprint density at radius 2 is 1.67 bits per heavy atom. The van der Waals surface area contributed by atoms with Crippen LogP contribution < -0.4 is 5.32 Å². The molecule has 6 heteroatoms. The molecule has 0 spiro atoms. The first kappa shape index (κ1) is 17.6. The lowest BCUT2D eigenvalue weighted by Gasteiger charge is -2.30. The molecule has 1 aromatic rings. The molecule has 0 bridgehead atoms. The third-order valence-corrected chi connectivity index (χ3v) is 3.86. The van der Waals surface area contributed by atoms with Crippen molar-refractivity contribution < 1.29 is 24.3 Å². The molecule has 0 saturated heterocycles. The van der Waals surface area contributed by atoms with Gasteiger partial charge in [0.15, 0.2) is 17.3 Å². The molecule has 1 aliphatic rings. The number of benzene rings is 1. The maximum Gasteiger partial charge on any atom is 0.335 e. The zero-order valence-corrected chi connectivity index (χ0v) is 13.5. The quantitative estimate of drug-likeness (QED) is 0.636. The van der Waals surface area contributed by atoms with E-state index in [2.05, 4.69) is 5.32 Å². The Labute approximate surface area is 139 Å². The first-order valence-electron chi connectivity index (χ1n) is 7.55. The van der Waals surface area contributed by atoms with E-state index in [0.29, 0.717) is 5.69 Å². The fraction of sp³-hybridized carbons (Fsp3) is 0.333. The summed E-state index contributed by atoms with van der Waals surface area (Å²) in [6.07, 6.45) is 2.95. The fourth-order valence-electron chi connectivity index (χ4n) is 2.73. The number of carboxylic acids is 1. The summed E-state index contributed by atoms with van der Waals surface area (Å²) in [7, 11) is 0. The molecule has 0 atom stereocenters. The van der Waals surface area contributed by atoms with Crippen molar-refractivity contribution in [1.29, 1.82) is 0 Å². The van der Waals surface area contributed by atoms with Crippen molar-refractivity contribution in [3.63, 3.8) is 0 Å². The van der Waals surface area contributed by atoms with Crippen LogP contribution in [0.15, 0.2) is 36.5 Å². The van der Waals surface area contributed by atoms with E-state index >= 15 is 0 Å². The number of hydrogen-bond acceptors (Lipinski definition) is 5. The van der Waals surface area contributed by atoms with Gasteiger partial charge in [0.25, 0.3) is 0 Å². The fourth-order valence-corrected chi connectivity index (χ4v) is 2.73. The van der Waals surface area contributed by atoms with Gasteiger partial charge in [-0.3, -0.25) is 14.4 Å². The number of carboxylic acid groups (broad SMARTS) is 1. The highest BCUT2D eigenvalue weighted by molar-refractivity contribution is 6.23. The summed E-state index contributed by atoms with van der Waals surface area (Å²) >= 11 is 0. The second-order valence-corrected chi connectivity index (χ2v) is 6.65. The van der Waals surface area contributed by atoms with E-state index in [4.69, 9.17) is 5.11 Å². The van der Waals surface area contributed by atoms with Gasteiger partial charge in [-0.15, -0.1) is 0 Å². The zero-order valence-electron chi connectivity index (χ0n) is 13.5. The number of ketones is 3. The maximum atomic E-state index is 12.1. The van der Waals surface area contributed by atoms with Crippen LogP contribution in [0.4, 0.5) is 5.69 Å². The average molecular weight is 329 g/mol. The van der Waals surface area contributed by atoms with Crippen molar-refractivity contribution in [2.45, 2.75) is 26.7 Å². The largest absolute Gasteiger partial charge is 0.478 e. The molecule has 0 aromatic heterocycles. The van der Waals surface area contributed by atoms with Gasteiger partial charge in [0.2, 0.25) is 0 Å². The molecule has 0 heterocycles. The predicted octanol–water partition coefficient (Wildman–Crippen LogP) is 2.45. The minimum absolute atomic E-state index is 0.154. The molecule has 0 unspecified atom stereocenters. The van der Waals surface area contributed by atoms with Crippen molar-refractivity contribution >= 4 is 29.0 Å². The second-order valence-electron chi connectivity index (χ2n) is 6.65. The third kappa shape index (κ3) is 4.16. The minimum atomic E-state index is -1.20. The first-order chi connectivity index (χ1) is 11.2. The molecule has 0 radical (unpaired) electrons. The van der Waals surface area contributed by atoms with Crippen LogP contribution in [0.2, 0.25) is 0 Å². The van der Waals surface area contributed by atoms with Crippen LogP contribution in [0.25, 0.3) is 0 Å². The van der Waals surface area contributed by atoms with Crippen LogP contribution in [-0.4, -0.2) is 28.4 Å². The van der Waals surface area contributed by atoms with Crippen LogP contribution >= 0.6 is 0 Å². The summed E-state index contributed by atoms with van der Waals surface area (Å²) in [6.45, 7) is 3.67. The molecule has 2 N–H and O–H groups in total. The molecule has 1 aliphatic carbocycles. The van der Waals surface area contributed by atoms with Crippen molar-refractivity contribution in [2.75, 3.05) is 5.32 Å². The van der Waals surface area contributed by atoms with Gasteiger partial charge in [0.1, 0.15) is 5.92 Å². The highest BCUT2D eigenvalue weighted by Gasteiger charge is 2.42. The molecule has 24 heavy (non-hydrogen) atoms. The molecule has 0 aliphatic heterocycles. The second kappa shape index (κ2) is 6.78. The zero-order chi connectivity index (χ0) is 17.9. The Morgan fingerprint density at radius 3 is 2.17 bits per heavy atom. The smallest absolute Gasteiger partial charge is 0.335 e. The molecular formula is C18H19NO5. The Hall–Kier alpha value is -2.76. The van der Waals surface area contributed by atoms with Crippen molar-refractivity contribution in [1.82, 2.24) is 0 Å². The van der Waals surface area contributed by atoms with Gasteiger partial charge in [0.05, 0.1) is 5.56 Å². The Bertz CT molecular complexity index is 695. The summed E-state index contributed by atoms with van der Waals surface area (Å²) in [4.78, 5) is 47.0. The van der Waals surface area contributed by atoms with Crippen LogP contribution in [0, 0.1) is 11.3 Å². The lowest BCUT2D eigenvalue weighted by molar-refractivity contribution is -0.143. The minimum Gasteiger partial charge on any atom is -0.478 e. The number of hydrogen-bond donors (Lipinski definition) is 2. The molecular weight excluding hydrogens is 310 g/mol. The first-order valence-corrected chi connectivity index (χ1v) is 7.55. The molecule has 2 rings (SSSR count). The van der Waals surface area contributed by atoms with Gasteiger partial charge >= 0.3 is 5.97 Å². The van der Waals surface area contributed by atoms with E-state index < -0.39 is 23.1 Å². The molecule has 0 amide bonds. The van der Waals surface area contributed by atoms with Gasteiger partial charge in [0, 0.05) is 24.7 Å². The van der Waals surface area contributed by atoms with Gasteiger partial charge in [-0.25, -0.2) is 4.79 Å². The number of anilines is 1. The Balaban J connectivity index is 1.99. The topological polar surface area (TPSA) is 101 Å². The SMILES string of the molecule is CC1(C)CC(=O)C(C(=O)/C=C\Nc2ccc(C(=O)O)cc2)C(=O)C1. The number of carbonyl (C=O) groups is 4. The van der Waals surface area contributed by atoms with Gasteiger partial charge in [-0.05, 0) is 35.8 Å². The summed E-state index contributed by atoms with van der Waals surface area (Å²) < 4.78 is 0. The van der Waals surface area contributed by atoms with Crippen molar-refractivity contribution in [3.05, 3.63) is 42.1 Å². The number of aromatic carboxylic acids is 1. The highest BCUT2D eigenvalue weighted by atomic mass is 16.4. The predicted molar refractivity (Wildman–Crippen MR) is 87.7 cm³/mol. The molecule has 6 nitrogen and oxygen atoms in total. The Morgan fingerprint density at radius 1 is 1.12 bits per heavy atom. The van der Waals surface area contributed by atoms with E-state index in [-0.39, 0.29) is 30.0 Å². The molecule has 1 fully saturated rings.